The molecule has 1 aromatic rings. The van der Waals surface area contributed by atoms with Crippen LogP contribution in [0.15, 0.2) is 17.0 Å². The fourth-order valence-corrected chi connectivity index (χ4v) is 2.23. The average Bonchev–Trinajstić information content (AvgIpc) is 2.21. The van der Waals surface area contributed by atoms with Crippen molar-refractivity contribution in [2.24, 2.45) is 5.92 Å². The molecule has 0 aromatic heterocycles. The van der Waals surface area contributed by atoms with E-state index in [0.717, 1.165) is 12.1 Å². The minimum Gasteiger partial charge on any atom is -0.423 e. The Morgan fingerprint density at radius 2 is 1.72 bits per heavy atom. The molecule has 0 aliphatic heterocycles. The summed E-state index contributed by atoms with van der Waals surface area (Å²) < 4.78 is 35.6. The van der Waals surface area contributed by atoms with E-state index in [1.165, 1.54) is 0 Å². The quantitative estimate of drug-likeness (QED) is 0.527. The van der Waals surface area contributed by atoms with Crippen molar-refractivity contribution in [2.75, 3.05) is 0 Å². The number of carbonyl (C=O) groups is 1. The Hall–Kier alpha value is -0.820. The SMILES string of the molecule is CC(C)C(=O)Oc1c(Cl)cc(S(=O)(=O)O)cc1Cl. The molecule has 5 nitrogen and oxygen atoms in total. The molecule has 0 aliphatic rings. The molecule has 100 valence electrons. The van der Waals surface area contributed by atoms with E-state index in [-0.39, 0.29) is 15.8 Å². The van der Waals surface area contributed by atoms with Crippen LogP contribution < -0.4 is 4.74 Å². The Bertz CT molecular complexity index is 557. The van der Waals surface area contributed by atoms with Crippen molar-refractivity contribution in [1.29, 1.82) is 0 Å². The number of carbonyl (C=O) groups excluding carboxylic acids is 1. The van der Waals surface area contributed by atoms with Gasteiger partial charge in [-0.15, -0.1) is 0 Å². The summed E-state index contributed by atoms with van der Waals surface area (Å²) in [6.45, 7) is 3.24. The molecule has 0 spiro atoms. The fraction of sp³-hybridized carbons (Fsp3) is 0.300. The molecule has 0 saturated heterocycles. The van der Waals surface area contributed by atoms with Crippen molar-refractivity contribution in [1.82, 2.24) is 0 Å². The Kier molecular flexibility index (Phi) is 4.61. The molecule has 0 radical (unpaired) electrons. The molecule has 1 rings (SSSR count). The van der Waals surface area contributed by atoms with Crippen LogP contribution in [0.5, 0.6) is 5.75 Å². The number of hydrogen-bond acceptors (Lipinski definition) is 4. The van der Waals surface area contributed by atoms with Crippen LogP contribution in [0, 0.1) is 5.92 Å². The highest BCUT2D eigenvalue weighted by Gasteiger charge is 2.19. The Morgan fingerprint density at radius 3 is 2.06 bits per heavy atom. The van der Waals surface area contributed by atoms with Crippen LogP contribution in [0.2, 0.25) is 10.0 Å². The van der Waals surface area contributed by atoms with E-state index in [0.29, 0.717) is 0 Å². The Balaban J connectivity index is 3.22. The van der Waals surface area contributed by atoms with Gasteiger partial charge in [0.05, 0.1) is 20.9 Å². The molecule has 0 fully saturated rings. The van der Waals surface area contributed by atoms with Crippen LogP contribution in [0.1, 0.15) is 13.8 Å². The highest BCUT2D eigenvalue weighted by atomic mass is 35.5. The van der Waals surface area contributed by atoms with Crippen molar-refractivity contribution < 1.29 is 22.5 Å². The minimum absolute atomic E-state index is 0.135. The van der Waals surface area contributed by atoms with Gasteiger partial charge in [-0.3, -0.25) is 9.35 Å². The van der Waals surface area contributed by atoms with E-state index < -0.39 is 26.9 Å². The maximum Gasteiger partial charge on any atom is 0.313 e. The summed E-state index contributed by atoms with van der Waals surface area (Å²) in [4.78, 5) is 10.9. The largest absolute Gasteiger partial charge is 0.423 e. The van der Waals surface area contributed by atoms with E-state index in [1.807, 2.05) is 0 Å². The number of hydrogen-bond donors (Lipinski definition) is 1. The predicted octanol–water partition coefficient (Wildman–Crippen LogP) is 2.80. The second-order valence-corrected chi connectivity index (χ2v) is 6.00. The lowest BCUT2D eigenvalue weighted by Crippen LogP contribution is -2.15. The molecule has 0 aliphatic carbocycles. The van der Waals surface area contributed by atoms with E-state index >= 15 is 0 Å². The minimum atomic E-state index is -4.42. The zero-order chi connectivity index (χ0) is 14.1. The highest BCUT2D eigenvalue weighted by molar-refractivity contribution is 7.85. The first kappa shape index (κ1) is 15.2. The molecule has 18 heavy (non-hydrogen) atoms. The molecule has 0 atom stereocenters. The van der Waals surface area contributed by atoms with Crippen LogP contribution in [0.25, 0.3) is 0 Å². The van der Waals surface area contributed by atoms with E-state index in [4.69, 9.17) is 32.5 Å². The lowest BCUT2D eigenvalue weighted by Gasteiger charge is -2.10. The summed E-state index contributed by atoms with van der Waals surface area (Å²) in [5.74, 6) is -1.08. The zero-order valence-corrected chi connectivity index (χ0v) is 11.8. The van der Waals surface area contributed by atoms with Gasteiger partial charge in [0.25, 0.3) is 10.1 Å². The van der Waals surface area contributed by atoms with Crippen molar-refractivity contribution in [3.05, 3.63) is 22.2 Å². The van der Waals surface area contributed by atoms with Crippen LogP contribution in [0.4, 0.5) is 0 Å². The average molecular weight is 313 g/mol. The zero-order valence-electron chi connectivity index (χ0n) is 9.48. The second kappa shape index (κ2) is 5.44. The van der Waals surface area contributed by atoms with Gasteiger partial charge in [-0.05, 0) is 12.1 Å². The van der Waals surface area contributed by atoms with Crippen molar-refractivity contribution >= 4 is 39.3 Å². The first-order valence-corrected chi connectivity index (χ1v) is 7.00. The van der Waals surface area contributed by atoms with E-state index in [9.17, 15) is 13.2 Å². The molecule has 8 heteroatoms. The molecule has 0 heterocycles. The third-order valence-corrected chi connectivity index (χ3v) is 3.34. The summed E-state index contributed by atoms with van der Waals surface area (Å²) in [5, 5.41) is -0.353. The van der Waals surface area contributed by atoms with E-state index in [2.05, 4.69) is 0 Å². The van der Waals surface area contributed by atoms with Crippen molar-refractivity contribution in [2.45, 2.75) is 18.7 Å². The van der Waals surface area contributed by atoms with E-state index in [1.54, 1.807) is 13.8 Å². The number of ether oxygens (including phenoxy) is 1. The molecule has 1 aromatic carbocycles. The maximum absolute atomic E-state index is 11.4. The van der Waals surface area contributed by atoms with Crippen LogP contribution in [-0.4, -0.2) is 18.9 Å². The lowest BCUT2D eigenvalue weighted by atomic mass is 10.2. The van der Waals surface area contributed by atoms with Gasteiger partial charge in [-0.25, -0.2) is 0 Å². The standard InChI is InChI=1S/C10H10Cl2O5S/c1-5(2)10(13)17-9-7(11)3-6(4-8(9)12)18(14,15)16/h3-5H,1-2H3,(H,14,15,16). The topological polar surface area (TPSA) is 80.7 Å². The van der Waals surface area contributed by atoms with Gasteiger partial charge in [0.1, 0.15) is 0 Å². The van der Waals surface area contributed by atoms with Crippen LogP contribution in [0.3, 0.4) is 0 Å². The summed E-state index contributed by atoms with van der Waals surface area (Å²) in [7, 11) is -4.42. The van der Waals surface area contributed by atoms with Crippen LogP contribution in [-0.2, 0) is 14.9 Å². The molecule has 0 bridgehead atoms. The second-order valence-electron chi connectivity index (χ2n) is 3.77. The normalized spacial score (nSPS) is 11.7. The van der Waals surface area contributed by atoms with Gasteiger partial charge >= 0.3 is 5.97 Å². The summed E-state index contributed by atoms with van der Waals surface area (Å²) >= 11 is 11.5. The molecular weight excluding hydrogens is 303 g/mol. The van der Waals surface area contributed by atoms with Gasteiger partial charge in [0.2, 0.25) is 0 Å². The first-order chi connectivity index (χ1) is 8.12. The van der Waals surface area contributed by atoms with Crippen molar-refractivity contribution in [3.8, 4) is 5.75 Å². The molecular formula is C10H10Cl2O5S. The van der Waals surface area contributed by atoms with Gasteiger partial charge in [-0.1, -0.05) is 37.0 Å². The maximum atomic E-state index is 11.4. The smallest absolute Gasteiger partial charge is 0.313 e. The Morgan fingerprint density at radius 1 is 1.28 bits per heavy atom. The fourth-order valence-electron chi connectivity index (χ4n) is 1.00. The Labute approximate surface area is 114 Å². The van der Waals surface area contributed by atoms with Gasteiger partial charge in [0, 0.05) is 0 Å². The summed E-state index contributed by atoms with van der Waals surface area (Å²) in [6, 6.07) is 1.90. The third kappa shape index (κ3) is 3.58. The third-order valence-electron chi connectivity index (χ3n) is 1.94. The molecule has 0 amide bonds. The summed E-state index contributed by atoms with van der Waals surface area (Å²) in [6.07, 6.45) is 0. The number of rotatable bonds is 3. The first-order valence-electron chi connectivity index (χ1n) is 4.81. The molecule has 1 N–H and O–H groups in total. The molecule has 0 unspecified atom stereocenters. The summed E-state index contributed by atoms with van der Waals surface area (Å²) in [5.41, 5.74) is 0. The predicted molar refractivity (Wildman–Crippen MR) is 66.7 cm³/mol. The molecule has 0 saturated carbocycles. The number of benzene rings is 1. The van der Waals surface area contributed by atoms with Gasteiger partial charge < -0.3 is 4.74 Å². The number of halogens is 2. The highest BCUT2D eigenvalue weighted by Crippen LogP contribution is 2.35. The monoisotopic (exact) mass is 312 g/mol. The van der Waals surface area contributed by atoms with Crippen LogP contribution >= 0.6 is 23.2 Å². The number of esters is 1. The van der Waals surface area contributed by atoms with Gasteiger partial charge in [0.15, 0.2) is 5.75 Å². The van der Waals surface area contributed by atoms with Gasteiger partial charge in [-0.2, -0.15) is 8.42 Å². The van der Waals surface area contributed by atoms with Crippen molar-refractivity contribution in [3.63, 3.8) is 0 Å². The lowest BCUT2D eigenvalue weighted by molar-refractivity contribution is -0.137.